The SMILES string of the molecule is CCCCCCCC/C=C\CCCCCCCC(=O)O[C@H](COC(=O)CCCCCCCCCCCCCCC)COP(=O)(O)OCCn1c(C=O)ccc1CO. The maximum Gasteiger partial charge on any atom is 0.472 e. The second-order valence-electron chi connectivity index (χ2n) is 15.4. The van der Waals surface area contributed by atoms with E-state index in [0.29, 0.717) is 24.8 Å². The van der Waals surface area contributed by atoms with Crippen LogP contribution in [0.3, 0.4) is 0 Å². The van der Waals surface area contributed by atoms with Crippen LogP contribution in [0.2, 0.25) is 0 Å². The highest BCUT2D eigenvalue weighted by Crippen LogP contribution is 2.43. The van der Waals surface area contributed by atoms with Crippen molar-refractivity contribution in [2.45, 2.75) is 213 Å². The second kappa shape index (κ2) is 36.8. The number of aromatic nitrogens is 1. The lowest BCUT2D eigenvalue weighted by Gasteiger charge is -2.20. The van der Waals surface area contributed by atoms with Crippen molar-refractivity contribution in [1.29, 1.82) is 0 Å². The Morgan fingerprint density at radius 1 is 0.667 bits per heavy atom. The molecule has 12 heteroatoms. The molecule has 0 fully saturated rings. The minimum atomic E-state index is -4.60. The fourth-order valence-corrected chi connectivity index (χ4v) is 7.49. The van der Waals surface area contributed by atoms with Crippen molar-refractivity contribution < 1.29 is 47.5 Å². The summed E-state index contributed by atoms with van der Waals surface area (Å²) in [5, 5.41) is 9.51. The fraction of sp³-hybridized carbons (Fsp3) is 0.800. The summed E-state index contributed by atoms with van der Waals surface area (Å²) in [5.74, 6) is -0.912. The fourth-order valence-electron chi connectivity index (χ4n) is 6.75. The Kier molecular flexibility index (Phi) is 34.0. The quantitative estimate of drug-likeness (QED) is 0.0215. The maximum atomic E-state index is 12.7. The summed E-state index contributed by atoms with van der Waals surface area (Å²) in [4.78, 5) is 46.9. The van der Waals surface area contributed by atoms with Gasteiger partial charge in [0, 0.05) is 25.1 Å². The molecule has 0 saturated carbocycles. The van der Waals surface area contributed by atoms with Crippen LogP contribution < -0.4 is 0 Å². The smallest absolute Gasteiger partial charge is 0.462 e. The standard InChI is InChI=1S/C45H80NO10P/c1-3-5-7-9-11-13-15-17-18-20-22-24-26-28-30-32-45(50)56-43(40-55-57(51,52)54-36-35-46-41(37-47)33-34-42(46)38-48)39-53-44(49)31-29-27-25-23-21-19-16-14-12-10-8-6-4-2/h17-18,33-34,37,43,48H,3-16,19-32,35-36,38-40H2,1-2H3,(H,51,52)/b18-17-/t43-/m1/s1. The van der Waals surface area contributed by atoms with Crippen molar-refractivity contribution in [2.75, 3.05) is 19.8 Å². The molecule has 1 unspecified atom stereocenters. The van der Waals surface area contributed by atoms with Gasteiger partial charge in [-0.1, -0.05) is 154 Å². The number of unbranched alkanes of at least 4 members (excludes halogenated alkanes) is 23. The lowest BCUT2D eigenvalue weighted by Crippen LogP contribution is -2.29. The third-order valence-corrected chi connectivity index (χ3v) is 11.2. The number of aliphatic hydroxyl groups excluding tert-OH is 1. The van der Waals surface area contributed by atoms with Crippen LogP contribution >= 0.6 is 7.82 Å². The van der Waals surface area contributed by atoms with Gasteiger partial charge in [0.2, 0.25) is 0 Å². The summed E-state index contributed by atoms with van der Waals surface area (Å²) in [5.41, 5.74) is 0.739. The van der Waals surface area contributed by atoms with Crippen LogP contribution in [0, 0.1) is 0 Å². The third kappa shape index (κ3) is 30.4. The van der Waals surface area contributed by atoms with Gasteiger partial charge in [-0.15, -0.1) is 0 Å². The number of ether oxygens (including phenoxy) is 2. The average Bonchev–Trinajstić information content (AvgIpc) is 3.60. The molecule has 0 bridgehead atoms. The van der Waals surface area contributed by atoms with E-state index in [4.69, 9.17) is 18.5 Å². The molecule has 1 heterocycles. The van der Waals surface area contributed by atoms with E-state index in [9.17, 15) is 28.9 Å². The van der Waals surface area contributed by atoms with Crippen LogP contribution in [0.1, 0.15) is 210 Å². The Morgan fingerprint density at radius 2 is 1.14 bits per heavy atom. The Hall–Kier alpha value is -2.30. The van der Waals surface area contributed by atoms with E-state index < -0.39 is 32.5 Å². The summed E-state index contributed by atoms with van der Waals surface area (Å²) in [7, 11) is -4.60. The molecule has 1 aromatic rings. The van der Waals surface area contributed by atoms with Crippen molar-refractivity contribution in [2.24, 2.45) is 0 Å². The van der Waals surface area contributed by atoms with Gasteiger partial charge in [0.05, 0.1) is 25.5 Å². The number of nitrogens with zero attached hydrogens (tertiary/aromatic N) is 1. The number of aldehydes is 1. The number of aliphatic hydroxyl groups is 1. The van der Waals surface area contributed by atoms with Crippen LogP contribution in [0.4, 0.5) is 0 Å². The summed E-state index contributed by atoms with van der Waals surface area (Å²) in [6, 6.07) is 3.11. The van der Waals surface area contributed by atoms with E-state index in [1.54, 1.807) is 6.07 Å². The highest BCUT2D eigenvalue weighted by Gasteiger charge is 2.26. The van der Waals surface area contributed by atoms with Crippen LogP contribution in [-0.2, 0) is 45.8 Å². The number of hydrogen-bond acceptors (Lipinski definition) is 9. The molecule has 2 atom stereocenters. The van der Waals surface area contributed by atoms with Crippen molar-refractivity contribution in [1.82, 2.24) is 4.57 Å². The number of esters is 2. The molecule has 0 spiro atoms. The van der Waals surface area contributed by atoms with Gasteiger partial charge >= 0.3 is 19.8 Å². The van der Waals surface area contributed by atoms with Gasteiger partial charge in [0.15, 0.2) is 12.4 Å². The number of carbonyl (C=O) groups is 3. The number of hydrogen-bond donors (Lipinski definition) is 2. The Morgan fingerprint density at radius 3 is 1.63 bits per heavy atom. The lowest BCUT2D eigenvalue weighted by molar-refractivity contribution is -0.161. The molecule has 0 amide bonds. The average molecular weight is 826 g/mol. The van der Waals surface area contributed by atoms with E-state index in [1.807, 2.05) is 0 Å². The van der Waals surface area contributed by atoms with Crippen LogP contribution in [0.5, 0.6) is 0 Å². The third-order valence-electron chi connectivity index (χ3n) is 10.2. The predicted molar refractivity (Wildman–Crippen MR) is 228 cm³/mol. The summed E-state index contributed by atoms with van der Waals surface area (Å²) >= 11 is 0. The summed E-state index contributed by atoms with van der Waals surface area (Å²) < 4.78 is 35.4. The van der Waals surface area contributed by atoms with Crippen molar-refractivity contribution >= 4 is 26.0 Å². The molecule has 0 saturated heterocycles. The largest absolute Gasteiger partial charge is 0.472 e. The summed E-state index contributed by atoms with van der Waals surface area (Å²) in [6.45, 7) is 3.09. The van der Waals surface area contributed by atoms with Gasteiger partial charge in [-0.05, 0) is 50.7 Å². The Bertz CT molecular complexity index is 1220. The van der Waals surface area contributed by atoms with Gasteiger partial charge in [-0.25, -0.2) is 4.57 Å². The molecular weight excluding hydrogens is 745 g/mol. The molecule has 0 aliphatic heterocycles. The monoisotopic (exact) mass is 826 g/mol. The number of phosphoric ester groups is 1. The molecular formula is C45H80NO10P. The van der Waals surface area contributed by atoms with Gasteiger partial charge in [0.1, 0.15) is 6.61 Å². The van der Waals surface area contributed by atoms with E-state index in [0.717, 1.165) is 57.8 Å². The first-order chi connectivity index (χ1) is 27.8. The van der Waals surface area contributed by atoms with E-state index in [1.165, 1.54) is 107 Å². The molecule has 0 aromatic carbocycles. The first-order valence-corrected chi connectivity index (χ1v) is 24.1. The molecule has 1 rings (SSSR count). The molecule has 0 aliphatic carbocycles. The van der Waals surface area contributed by atoms with Crippen LogP contribution in [-0.4, -0.2) is 58.7 Å². The molecule has 11 nitrogen and oxygen atoms in total. The Labute approximate surface area is 345 Å². The molecule has 0 radical (unpaired) electrons. The second-order valence-corrected chi connectivity index (χ2v) is 16.9. The molecule has 330 valence electrons. The van der Waals surface area contributed by atoms with Gasteiger partial charge in [-0.3, -0.25) is 23.4 Å². The Balaban J connectivity index is 2.43. The minimum absolute atomic E-state index is 0.0239. The maximum absolute atomic E-state index is 12.7. The van der Waals surface area contributed by atoms with Gasteiger partial charge < -0.3 is 24.0 Å². The van der Waals surface area contributed by atoms with Gasteiger partial charge in [0.25, 0.3) is 0 Å². The number of rotatable bonds is 41. The van der Waals surface area contributed by atoms with Crippen LogP contribution in [0.15, 0.2) is 24.3 Å². The van der Waals surface area contributed by atoms with Crippen molar-refractivity contribution in [3.63, 3.8) is 0 Å². The van der Waals surface area contributed by atoms with E-state index in [-0.39, 0.29) is 44.9 Å². The van der Waals surface area contributed by atoms with Crippen molar-refractivity contribution in [3.8, 4) is 0 Å². The zero-order chi connectivity index (χ0) is 41.7. The molecule has 57 heavy (non-hydrogen) atoms. The van der Waals surface area contributed by atoms with E-state index in [2.05, 4.69) is 26.0 Å². The minimum Gasteiger partial charge on any atom is -0.462 e. The molecule has 2 N–H and O–H groups in total. The topological polar surface area (TPSA) is 151 Å². The molecule has 0 aliphatic rings. The number of phosphoric acid groups is 1. The lowest BCUT2D eigenvalue weighted by atomic mass is 10.0. The van der Waals surface area contributed by atoms with Crippen LogP contribution in [0.25, 0.3) is 0 Å². The highest BCUT2D eigenvalue weighted by atomic mass is 31.2. The zero-order valence-electron chi connectivity index (χ0n) is 35.9. The number of allylic oxidation sites excluding steroid dienone is 2. The first-order valence-electron chi connectivity index (χ1n) is 22.6. The van der Waals surface area contributed by atoms with Crippen molar-refractivity contribution in [3.05, 3.63) is 35.7 Å². The normalized spacial score (nSPS) is 13.2. The number of carbonyl (C=O) groups excluding carboxylic acids is 3. The predicted octanol–water partition coefficient (Wildman–Crippen LogP) is 11.9. The molecule has 1 aromatic heterocycles. The first kappa shape index (κ1) is 52.7. The van der Waals surface area contributed by atoms with E-state index >= 15 is 0 Å². The summed E-state index contributed by atoms with van der Waals surface area (Å²) in [6.07, 6.45) is 35.1. The highest BCUT2D eigenvalue weighted by molar-refractivity contribution is 7.47. The zero-order valence-corrected chi connectivity index (χ0v) is 36.7. The van der Waals surface area contributed by atoms with Gasteiger partial charge in [-0.2, -0.15) is 0 Å².